The zero-order valence-electron chi connectivity index (χ0n) is 13.8. The van der Waals surface area contributed by atoms with Gasteiger partial charge in [0.15, 0.2) is 5.76 Å². The van der Waals surface area contributed by atoms with Crippen LogP contribution in [0.5, 0.6) is 0 Å². The smallest absolute Gasteiger partial charge is 0.289 e. The van der Waals surface area contributed by atoms with Gasteiger partial charge in [0.1, 0.15) is 5.76 Å². The van der Waals surface area contributed by atoms with E-state index in [4.69, 9.17) is 9.15 Å². The lowest BCUT2D eigenvalue weighted by Gasteiger charge is -2.39. The second-order valence-electron chi connectivity index (χ2n) is 6.26. The molecule has 1 aromatic rings. The molecular weight excluding hydrogens is 312 g/mol. The molecule has 0 spiro atoms. The fourth-order valence-electron chi connectivity index (χ4n) is 3.39. The third kappa shape index (κ3) is 4.31. The molecule has 0 aromatic carbocycles. The Morgan fingerprint density at radius 3 is 2.87 bits per heavy atom. The summed E-state index contributed by atoms with van der Waals surface area (Å²) in [6.07, 6.45) is 5.41. The van der Waals surface area contributed by atoms with Crippen LogP contribution in [0.4, 0.5) is 0 Å². The van der Waals surface area contributed by atoms with Gasteiger partial charge in [0.2, 0.25) is 0 Å². The molecule has 23 heavy (non-hydrogen) atoms. The van der Waals surface area contributed by atoms with Crippen molar-refractivity contribution in [3.05, 3.63) is 23.7 Å². The Hall–Kier alpha value is -0.980. The Kier molecular flexibility index (Phi) is 6.02. The van der Waals surface area contributed by atoms with Crippen LogP contribution in [0.2, 0.25) is 0 Å². The molecule has 2 saturated heterocycles. The molecule has 1 amide bonds. The van der Waals surface area contributed by atoms with Crippen LogP contribution in [0, 0.1) is 0 Å². The summed E-state index contributed by atoms with van der Waals surface area (Å²) < 4.78 is 11.2. The monoisotopic (exact) mass is 338 g/mol. The van der Waals surface area contributed by atoms with Crippen molar-refractivity contribution >= 4 is 17.7 Å². The van der Waals surface area contributed by atoms with E-state index >= 15 is 0 Å². The number of thioether (sulfide) groups is 1. The van der Waals surface area contributed by atoms with Gasteiger partial charge < -0.3 is 14.1 Å². The Morgan fingerprint density at radius 1 is 1.26 bits per heavy atom. The second kappa shape index (κ2) is 8.22. The van der Waals surface area contributed by atoms with Gasteiger partial charge in [0.25, 0.3) is 5.91 Å². The maximum Gasteiger partial charge on any atom is 0.289 e. The zero-order valence-corrected chi connectivity index (χ0v) is 14.6. The van der Waals surface area contributed by atoms with Gasteiger partial charge >= 0.3 is 0 Å². The Labute approximate surface area is 142 Å². The Morgan fingerprint density at radius 2 is 2.09 bits per heavy atom. The predicted octanol–water partition coefficient (Wildman–Crippen LogP) is 2.47. The van der Waals surface area contributed by atoms with Crippen molar-refractivity contribution in [1.29, 1.82) is 0 Å². The Balaban J connectivity index is 1.65. The largest absolute Gasteiger partial charge is 0.455 e. The Bertz CT molecular complexity index is 514. The molecule has 3 heterocycles. The molecule has 128 valence electrons. The first-order valence-corrected chi connectivity index (χ1v) is 9.86. The van der Waals surface area contributed by atoms with Crippen molar-refractivity contribution in [3.63, 3.8) is 0 Å². The maximum absolute atomic E-state index is 12.9. The van der Waals surface area contributed by atoms with E-state index in [0.717, 1.165) is 63.7 Å². The highest BCUT2D eigenvalue weighted by Gasteiger charge is 2.30. The SMILES string of the molecule is CSCc1ccc(C(=O)N2CCCC[C@H]2CN2CCOCC2)o1. The molecule has 6 heteroatoms. The third-order valence-electron chi connectivity index (χ3n) is 4.62. The lowest BCUT2D eigenvalue weighted by molar-refractivity contribution is 0.0158. The van der Waals surface area contributed by atoms with Crippen molar-refractivity contribution in [2.75, 3.05) is 45.6 Å². The molecule has 5 nitrogen and oxygen atoms in total. The third-order valence-corrected chi connectivity index (χ3v) is 5.19. The van der Waals surface area contributed by atoms with Crippen molar-refractivity contribution < 1.29 is 13.9 Å². The molecule has 3 rings (SSSR count). The normalized spacial score (nSPS) is 23.2. The number of carbonyl (C=O) groups excluding carboxylic acids is 1. The molecule has 0 unspecified atom stereocenters. The molecule has 0 radical (unpaired) electrons. The molecule has 2 aliphatic heterocycles. The standard InChI is InChI=1S/C17H26N2O3S/c1-23-13-15-5-6-16(22-15)17(20)19-7-3-2-4-14(19)12-18-8-10-21-11-9-18/h5-6,14H,2-4,7-13H2,1H3/t14-/m0/s1. The predicted molar refractivity (Wildman–Crippen MR) is 91.9 cm³/mol. The van der Waals surface area contributed by atoms with Crippen molar-refractivity contribution in [2.24, 2.45) is 0 Å². The van der Waals surface area contributed by atoms with Crippen molar-refractivity contribution in [1.82, 2.24) is 9.80 Å². The summed E-state index contributed by atoms with van der Waals surface area (Å²) in [5, 5.41) is 0. The van der Waals surface area contributed by atoms with Gasteiger partial charge in [-0.2, -0.15) is 11.8 Å². The number of rotatable bonds is 5. The lowest BCUT2D eigenvalue weighted by atomic mass is 10.0. The van der Waals surface area contributed by atoms with Crippen LogP contribution in [0.15, 0.2) is 16.5 Å². The van der Waals surface area contributed by atoms with Crippen LogP contribution in [0.25, 0.3) is 0 Å². The topological polar surface area (TPSA) is 45.9 Å². The molecular formula is C17H26N2O3S. The van der Waals surface area contributed by atoms with E-state index in [-0.39, 0.29) is 5.91 Å². The minimum absolute atomic E-state index is 0.0512. The number of likely N-dealkylation sites (tertiary alicyclic amines) is 1. The van der Waals surface area contributed by atoms with E-state index in [2.05, 4.69) is 4.90 Å². The average molecular weight is 338 g/mol. The first-order chi connectivity index (χ1) is 11.3. The number of nitrogens with zero attached hydrogens (tertiary/aromatic N) is 2. The number of amides is 1. The van der Waals surface area contributed by atoms with Gasteiger partial charge in [-0.25, -0.2) is 0 Å². The number of piperidine rings is 1. The fraction of sp³-hybridized carbons (Fsp3) is 0.706. The number of carbonyl (C=O) groups is 1. The number of ether oxygens (including phenoxy) is 1. The molecule has 0 aliphatic carbocycles. The lowest BCUT2D eigenvalue weighted by Crippen LogP contribution is -2.51. The van der Waals surface area contributed by atoms with E-state index in [9.17, 15) is 4.79 Å². The summed E-state index contributed by atoms with van der Waals surface area (Å²) in [7, 11) is 0. The van der Waals surface area contributed by atoms with E-state index in [1.807, 2.05) is 23.3 Å². The highest BCUT2D eigenvalue weighted by molar-refractivity contribution is 7.97. The molecule has 0 saturated carbocycles. The van der Waals surface area contributed by atoms with Gasteiger partial charge in [-0.05, 0) is 37.7 Å². The fourth-order valence-corrected chi connectivity index (χ4v) is 3.83. The first-order valence-electron chi connectivity index (χ1n) is 8.46. The molecule has 2 fully saturated rings. The van der Waals surface area contributed by atoms with E-state index in [0.29, 0.717) is 11.8 Å². The molecule has 2 aliphatic rings. The van der Waals surface area contributed by atoms with E-state index in [1.54, 1.807) is 11.8 Å². The molecule has 0 bridgehead atoms. The number of hydrogen-bond donors (Lipinski definition) is 0. The van der Waals surface area contributed by atoms with Crippen LogP contribution in [0.1, 0.15) is 35.6 Å². The van der Waals surface area contributed by atoms with Crippen LogP contribution in [-0.4, -0.2) is 67.4 Å². The minimum Gasteiger partial charge on any atom is -0.455 e. The number of morpholine rings is 1. The van der Waals surface area contributed by atoms with Crippen molar-refractivity contribution in [2.45, 2.75) is 31.1 Å². The summed E-state index contributed by atoms with van der Waals surface area (Å²) in [6.45, 7) is 5.34. The minimum atomic E-state index is 0.0512. The number of furan rings is 1. The van der Waals surface area contributed by atoms with Gasteiger partial charge in [-0.3, -0.25) is 9.69 Å². The molecule has 0 N–H and O–H groups in total. The van der Waals surface area contributed by atoms with Gasteiger partial charge in [0.05, 0.1) is 19.0 Å². The summed E-state index contributed by atoms with van der Waals surface area (Å²) in [5.74, 6) is 2.23. The quantitative estimate of drug-likeness (QED) is 0.825. The second-order valence-corrected chi connectivity index (χ2v) is 7.13. The summed E-state index contributed by atoms with van der Waals surface area (Å²) in [5.41, 5.74) is 0. The van der Waals surface area contributed by atoms with Gasteiger partial charge in [-0.15, -0.1) is 0 Å². The first kappa shape index (κ1) is 16.9. The van der Waals surface area contributed by atoms with Crippen LogP contribution in [0.3, 0.4) is 0 Å². The van der Waals surface area contributed by atoms with Gasteiger partial charge in [-0.1, -0.05) is 0 Å². The van der Waals surface area contributed by atoms with Crippen LogP contribution < -0.4 is 0 Å². The maximum atomic E-state index is 12.9. The molecule has 1 aromatic heterocycles. The van der Waals surface area contributed by atoms with Crippen molar-refractivity contribution in [3.8, 4) is 0 Å². The highest BCUT2D eigenvalue weighted by Crippen LogP contribution is 2.22. The zero-order chi connectivity index (χ0) is 16.1. The van der Waals surface area contributed by atoms with Crippen LogP contribution >= 0.6 is 11.8 Å². The average Bonchev–Trinajstić information content (AvgIpc) is 3.05. The van der Waals surface area contributed by atoms with Crippen LogP contribution in [-0.2, 0) is 10.5 Å². The van der Waals surface area contributed by atoms with E-state index < -0.39 is 0 Å². The number of hydrogen-bond acceptors (Lipinski definition) is 5. The molecule has 1 atom stereocenters. The van der Waals surface area contributed by atoms with E-state index in [1.165, 1.54) is 6.42 Å². The van der Waals surface area contributed by atoms with Gasteiger partial charge in [0, 0.05) is 32.2 Å². The highest BCUT2D eigenvalue weighted by atomic mass is 32.2. The summed E-state index contributed by atoms with van der Waals surface area (Å²) in [6, 6.07) is 4.04. The summed E-state index contributed by atoms with van der Waals surface area (Å²) in [4.78, 5) is 17.3. The summed E-state index contributed by atoms with van der Waals surface area (Å²) >= 11 is 1.70.